The first kappa shape index (κ1) is 10.7. The van der Waals surface area contributed by atoms with Gasteiger partial charge in [-0.2, -0.15) is 0 Å². The maximum atomic E-state index is 12.0. The van der Waals surface area contributed by atoms with E-state index in [1.807, 2.05) is 4.90 Å². The monoisotopic (exact) mass is 214 g/mol. The fraction of sp³-hybridized carbons (Fsp3) is 0.385. The van der Waals surface area contributed by atoms with E-state index in [1.165, 1.54) is 6.42 Å². The van der Waals surface area contributed by atoms with E-state index in [2.05, 4.69) is 4.85 Å². The molecule has 16 heavy (non-hydrogen) atoms. The number of nitrogens with zero attached hydrogens (tertiary/aromatic N) is 2. The second-order valence-corrected chi connectivity index (χ2v) is 4.01. The highest BCUT2D eigenvalue weighted by Gasteiger charge is 2.17. The second-order valence-electron chi connectivity index (χ2n) is 4.01. The molecule has 3 nitrogen and oxygen atoms in total. The molecule has 2 rings (SSSR count). The minimum atomic E-state index is 0.0937. The Morgan fingerprint density at radius 1 is 1.12 bits per heavy atom. The van der Waals surface area contributed by atoms with Gasteiger partial charge < -0.3 is 4.90 Å². The summed E-state index contributed by atoms with van der Waals surface area (Å²) in [5, 5.41) is 0. The molecule has 0 atom stereocenters. The fourth-order valence-corrected chi connectivity index (χ4v) is 1.96. The molecule has 1 aliphatic rings. The Balaban J connectivity index is 2.11. The van der Waals surface area contributed by atoms with Crippen molar-refractivity contribution in [2.24, 2.45) is 0 Å². The van der Waals surface area contributed by atoms with Crippen LogP contribution in [0.1, 0.15) is 29.6 Å². The van der Waals surface area contributed by atoms with E-state index in [0.717, 1.165) is 25.9 Å². The molecule has 82 valence electrons. The minimum absolute atomic E-state index is 0.0937. The van der Waals surface area contributed by atoms with Crippen molar-refractivity contribution in [3.63, 3.8) is 0 Å². The highest BCUT2D eigenvalue weighted by molar-refractivity contribution is 5.94. The fourth-order valence-electron chi connectivity index (χ4n) is 1.96. The molecule has 0 unspecified atom stereocenters. The number of amides is 1. The lowest BCUT2D eigenvalue weighted by atomic mass is 10.1. The molecule has 1 saturated heterocycles. The van der Waals surface area contributed by atoms with Crippen LogP contribution in [0.4, 0.5) is 5.69 Å². The number of carbonyl (C=O) groups excluding carboxylic acids is 1. The van der Waals surface area contributed by atoms with Crippen LogP contribution in [0.5, 0.6) is 0 Å². The van der Waals surface area contributed by atoms with Gasteiger partial charge in [0.25, 0.3) is 5.91 Å². The highest BCUT2D eigenvalue weighted by Crippen LogP contribution is 2.16. The second kappa shape index (κ2) is 4.80. The molecule has 1 aliphatic heterocycles. The SMILES string of the molecule is [C-]#[N+]c1ccc(C(=O)N2CCCCC2)cc1. The molecule has 0 spiro atoms. The quantitative estimate of drug-likeness (QED) is 0.660. The van der Waals surface area contributed by atoms with Crippen LogP contribution >= 0.6 is 0 Å². The summed E-state index contributed by atoms with van der Waals surface area (Å²) in [6.07, 6.45) is 3.43. The van der Waals surface area contributed by atoms with Crippen LogP contribution in [-0.4, -0.2) is 23.9 Å². The van der Waals surface area contributed by atoms with Gasteiger partial charge in [0.15, 0.2) is 5.69 Å². The molecule has 1 heterocycles. The van der Waals surface area contributed by atoms with E-state index in [0.29, 0.717) is 11.3 Å². The van der Waals surface area contributed by atoms with Gasteiger partial charge in [0.2, 0.25) is 0 Å². The van der Waals surface area contributed by atoms with Crippen LogP contribution in [0.15, 0.2) is 24.3 Å². The van der Waals surface area contributed by atoms with Gasteiger partial charge in [0, 0.05) is 18.7 Å². The van der Waals surface area contributed by atoms with Gasteiger partial charge in [-0.1, -0.05) is 24.3 Å². The van der Waals surface area contributed by atoms with Crippen LogP contribution in [0.2, 0.25) is 0 Å². The van der Waals surface area contributed by atoms with Gasteiger partial charge in [-0.3, -0.25) is 4.79 Å². The van der Waals surface area contributed by atoms with Crippen LogP contribution in [0, 0.1) is 6.57 Å². The zero-order valence-electron chi connectivity index (χ0n) is 9.15. The van der Waals surface area contributed by atoms with Crippen LogP contribution in [0.25, 0.3) is 4.85 Å². The third-order valence-electron chi connectivity index (χ3n) is 2.89. The third kappa shape index (κ3) is 2.22. The van der Waals surface area contributed by atoms with E-state index in [4.69, 9.17) is 6.57 Å². The Kier molecular flexibility index (Phi) is 3.21. The molecule has 0 saturated carbocycles. The van der Waals surface area contributed by atoms with Crippen LogP contribution in [-0.2, 0) is 0 Å². The number of carbonyl (C=O) groups is 1. The van der Waals surface area contributed by atoms with Crippen molar-refractivity contribution in [1.29, 1.82) is 0 Å². The number of hydrogen-bond acceptors (Lipinski definition) is 1. The van der Waals surface area contributed by atoms with E-state index in [-0.39, 0.29) is 5.91 Å². The predicted octanol–water partition coefficient (Wildman–Crippen LogP) is 2.86. The third-order valence-corrected chi connectivity index (χ3v) is 2.89. The number of likely N-dealkylation sites (tertiary alicyclic amines) is 1. The number of rotatable bonds is 1. The molecule has 1 amide bonds. The lowest BCUT2D eigenvalue weighted by Crippen LogP contribution is -2.35. The summed E-state index contributed by atoms with van der Waals surface area (Å²) in [5.74, 6) is 0.0937. The molecule has 0 radical (unpaired) electrons. The van der Waals surface area contributed by atoms with Crippen LogP contribution < -0.4 is 0 Å². The Morgan fingerprint density at radius 2 is 1.75 bits per heavy atom. The summed E-state index contributed by atoms with van der Waals surface area (Å²) in [4.78, 5) is 17.3. The Labute approximate surface area is 95.5 Å². The van der Waals surface area contributed by atoms with Gasteiger partial charge in [0.05, 0.1) is 6.57 Å². The number of benzene rings is 1. The summed E-state index contributed by atoms with van der Waals surface area (Å²) in [6.45, 7) is 8.58. The summed E-state index contributed by atoms with van der Waals surface area (Å²) in [7, 11) is 0. The Morgan fingerprint density at radius 3 is 2.31 bits per heavy atom. The molecule has 1 fully saturated rings. The molecule has 1 aromatic rings. The molecule has 0 aromatic heterocycles. The first-order valence-corrected chi connectivity index (χ1v) is 5.58. The largest absolute Gasteiger partial charge is 0.339 e. The standard InChI is InChI=1S/C13H14N2O/c1-14-12-7-5-11(6-8-12)13(16)15-9-3-2-4-10-15/h5-8H,2-4,9-10H2. The lowest BCUT2D eigenvalue weighted by molar-refractivity contribution is 0.0724. The maximum Gasteiger partial charge on any atom is 0.253 e. The van der Waals surface area contributed by atoms with Gasteiger partial charge in [0.1, 0.15) is 0 Å². The first-order chi connectivity index (χ1) is 7.81. The molecule has 0 bridgehead atoms. The highest BCUT2D eigenvalue weighted by atomic mass is 16.2. The van der Waals surface area contributed by atoms with E-state index in [9.17, 15) is 4.79 Å². The maximum absolute atomic E-state index is 12.0. The Hall–Kier alpha value is -1.82. The summed E-state index contributed by atoms with van der Waals surface area (Å²) >= 11 is 0. The van der Waals surface area contributed by atoms with E-state index in [1.54, 1.807) is 24.3 Å². The van der Waals surface area contributed by atoms with Crippen molar-refractivity contribution < 1.29 is 4.79 Å². The zero-order valence-corrected chi connectivity index (χ0v) is 9.15. The van der Waals surface area contributed by atoms with Gasteiger partial charge in [-0.25, -0.2) is 4.85 Å². The van der Waals surface area contributed by atoms with Crippen molar-refractivity contribution in [3.05, 3.63) is 41.2 Å². The van der Waals surface area contributed by atoms with E-state index < -0.39 is 0 Å². The van der Waals surface area contributed by atoms with Gasteiger partial charge >= 0.3 is 0 Å². The van der Waals surface area contributed by atoms with Crippen molar-refractivity contribution >= 4 is 11.6 Å². The zero-order chi connectivity index (χ0) is 11.4. The molecule has 1 aromatic carbocycles. The number of piperidine rings is 1. The van der Waals surface area contributed by atoms with Crippen molar-refractivity contribution in [1.82, 2.24) is 4.90 Å². The lowest BCUT2D eigenvalue weighted by Gasteiger charge is -2.26. The molecular weight excluding hydrogens is 200 g/mol. The summed E-state index contributed by atoms with van der Waals surface area (Å²) in [6, 6.07) is 6.88. The molecule has 3 heteroatoms. The van der Waals surface area contributed by atoms with Crippen molar-refractivity contribution in [2.45, 2.75) is 19.3 Å². The molecular formula is C13H14N2O. The Bertz CT molecular complexity index is 411. The average Bonchev–Trinajstić information content (AvgIpc) is 2.39. The molecule has 0 N–H and O–H groups in total. The van der Waals surface area contributed by atoms with Gasteiger partial charge in [-0.15, -0.1) is 0 Å². The topological polar surface area (TPSA) is 24.7 Å². The smallest absolute Gasteiger partial charge is 0.253 e. The van der Waals surface area contributed by atoms with Crippen LogP contribution in [0.3, 0.4) is 0 Å². The van der Waals surface area contributed by atoms with Crippen molar-refractivity contribution in [3.8, 4) is 0 Å². The minimum Gasteiger partial charge on any atom is -0.339 e. The van der Waals surface area contributed by atoms with Gasteiger partial charge in [-0.05, 0) is 19.3 Å². The summed E-state index contributed by atoms with van der Waals surface area (Å²) < 4.78 is 0. The molecule has 0 aliphatic carbocycles. The average molecular weight is 214 g/mol. The van der Waals surface area contributed by atoms with Crippen molar-refractivity contribution in [2.75, 3.05) is 13.1 Å². The normalized spacial score (nSPS) is 15.6. The first-order valence-electron chi connectivity index (χ1n) is 5.58. The predicted molar refractivity (Wildman–Crippen MR) is 62.5 cm³/mol. The van der Waals surface area contributed by atoms with E-state index >= 15 is 0 Å². The summed E-state index contributed by atoms with van der Waals surface area (Å²) in [5.41, 5.74) is 1.27. The number of hydrogen-bond donors (Lipinski definition) is 0.